The van der Waals surface area contributed by atoms with E-state index in [0.29, 0.717) is 11.5 Å². The van der Waals surface area contributed by atoms with Gasteiger partial charge in [0, 0.05) is 22.7 Å². The summed E-state index contributed by atoms with van der Waals surface area (Å²) in [6.45, 7) is 16.7. The molecule has 0 radical (unpaired) electrons. The molecule has 0 saturated carbocycles. The summed E-state index contributed by atoms with van der Waals surface area (Å²) in [6, 6.07) is 0.209. The number of piperidine rings is 1. The summed E-state index contributed by atoms with van der Waals surface area (Å²) >= 11 is 0. The molecule has 0 bridgehead atoms. The van der Waals surface area contributed by atoms with Crippen LogP contribution in [0.3, 0.4) is 0 Å². The zero-order chi connectivity index (χ0) is 14.8. The van der Waals surface area contributed by atoms with E-state index in [2.05, 4.69) is 51.8 Å². The largest absolute Gasteiger partial charge is 0.349 e. The van der Waals surface area contributed by atoms with Crippen molar-refractivity contribution in [1.29, 1.82) is 0 Å². The SMILES string of the molecule is C=C(C)C(=O)NC1CC(C)(CC)NC(C)(CC)C1C. The third-order valence-electron chi connectivity index (χ3n) is 5.09. The minimum atomic E-state index is -0.0179. The third kappa shape index (κ3) is 3.38. The van der Waals surface area contributed by atoms with Crippen molar-refractivity contribution in [3.63, 3.8) is 0 Å². The molecule has 0 aromatic rings. The Labute approximate surface area is 118 Å². The lowest BCUT2D eigenvalue weighted by Gasteiger charge is -2.53. The summed E-state index contributed by atoms with van der Waals surface area (Å²) in [4.78, 5) is 11.9. The topological polar surface area (TPSA) is 41.1 Å². The maximum Gasteiger partial charge on any atom is 0.246 e. The van der Waals surface area contributed by atoms with Gasteiger partial charge in [-0.2, -0.15) is 0 Å². The van der Waals surface area contributed by atoms with Crippen LogP contribution in [-0.2, 0) is 4.79 Å². The highest BCUT2D eigenvalue weighted by atomic mass is 16.1. The van der Waals surface area contributed by atoms with Crippen LogP contribution in [0.25, 0.3) is 0 Å². The van der Waals surface area contributed by atoms with Crippen molar-refractivity contribution >= 4 is 5.91 Å². The fourth-order valence-corrected chi connectivity index (χ4v) is 3.07. The summed E-state index contributed by atoms with van der Waals surface area (Å²) in [5, 5.41) is 6.98. The molecule has 0 spiro atoms. The first-order chi connectivity index (χ1) is 8.67. The molecule has 3 nitrogen and oxygen atoms in total. The second-order valence-corrected chi connectivity index (χ2v) is 6.66. The summed E-state index contributed by atoms with van der Waals surface area (Å²) in [7, 11) is 0. The predicted molar refractivity (Wildman–Crippen MR) is 81.1 cm³/mol. The van der Waals surface area contributed by atoms with E-state index in [1.54, 1.807) is 6.92 Å². The Hall–Kier alpha value is -0.830. The Bertz CT molecular complexity index is 366. The molecule has 1 fully saturated rings. The van der Waals surface area contributed by atoms with Crippen molar-refractivity contribution in [2.75, 3.05) is 0 Å². The van der Waals surface area contributed by atoms with E-state index in [0.717, 1.165) is 19.3 Å². The molecule has 4 unspecified atom stereocenters. The first-order valence-electron chi connectivity index (χ1n) is 7.43. The summed E-state index contributed by atoms with van der Waals surface area (Å²) in [5.74, 6) is 0.385. The Balaban J connectivity index is 2.96. The van der Waals surface area contributed by atoms with Gasteiger partial charge in [0.2, 0.25) is 5.91 Å². The highest BCUT2D eigenvalue weighted by Gasteiger charge is 2.46. The van der Waals surface area contributed by atoms with Gasteiger partial charge in [-0.15, -0.1) is 0 Å². The highest BCUT2D eigenvalue weighted by molar-refractivity contribution is 5.92. The van der Waals surface area contributed by atoms with Crippen molar-refractivity contribution in [2.45, 2.75) is 77.9 Å². The molecular weight excluding hydrogens is 236 g/mol. The predicted octanol–water partition coefficient (Wildman–Crippen LogP) is 3.01. The molecular formula is C16H30N2O. The van der Waals surface area contributed by atoms with Crippen LogP contribution < -0.4 is 10.6 Å². The van der Waals surface area contributed by atoms with Gasteiger partial charge in [-0.1, -0.05) is 27.4 Å². The van der Waals surface area contributed by atoms with Gasteiger partial charge in [0.15, 0.2) is 0 Å². The van der Waals surface area contributed by atoms with Crippen LogP contribution in [0, 0.1) is 5.92 Å². The Kier molecular flexibility index (Phi) is 4.83. The zero-order valence-corrected chi connectivity index (χ0v) is 13.4. The monoisotopic (exact) mass is 266 g/mol. The van der Waals surface area contributed by atoms with E-state index >= 15 is 0 Å². The van der Waals surface area contributed by atoms with Gasteiger partial charge < -0.3 is 10.6 Å². The number of carbonyl (C=O) groups is 1. The van der Waals surface area contributed by atoms with Crippen LogP contribution in [0.4, 0.5) is 0 Å². The zero-order valence-electron chi connectivity index (χ0n) is 13.4. The Morgan fingerprint density at radius 3 is 2.37 bits per heavy atom. The maximum atomic E-state index is 11.9. The second-order valence-electron chi connectivity index (χ2n) is 6.66. The molecule has 1 saturated heterocycles. The van der Waals surface area contributed by atoms with Crippen molar-refractivity contribution in [3.8, 4) is 0 Å². The molecule has 1 aliphatic rings. The maximum absolute atomic E-state index is 11.9. The van der Waals surface area contributed by atoms with Gasteiger partial charge in [-0.3, -0.25) is 4.79 Å². The lowest BCUT2D eigenvalue weighted by atomic mass is 9.69. The van der Waals surface area contributed by atoms with Gasteiger partial charge in [0.1, 0.15) is 0 Å². The third-order valence-corrected chi connectivity index (χ3v) is 5.09. The van der Waals surface area contributed by atoms with Crippen LogP contribution in [0.5, 0.6) is 0 Å². The summed E-state index contributed by atoms with van der Waals surface area (Å²) in [6.07, 6.45) is 3.09. The van der Waals surface area contributed by atoms with Gasteiger partial charge >= 0.3 is 0 Å². The van der Waals surface area contributed by atoms with Crippen molar-refractivity contribution < 1.29 is 4.79 Å². The molecule has 0 aromatic heterocycles. The number of rotatable bonds is 4. The molecule has 0 aromatic carbocycles. The quantitative estimate of drug-likeness (QED) is 0.768. The Morgan fingerprint density at radius 2 is 1.95 bits per heavy atom. The molecule has 19 heavy (non-hydrogen) atoms. The molecule has 2 N–H and O–H groups in total. The van der Waals surface area contributed by atoms with E-state index in [9.17, 15) is 4.79 Å². The molecule has 110 valence electrons. The van der Waals surface area contributed by atoms with Gasteiger partial charge in [-0.25, -0.2) is 0 Å². The van der Waals surface area contributed by atoms with E-state index in [1.807, 2.05) is 0 Å². The van der Waals surface area contributed by atoms with Crippen LogP contribution >= 0.6 is 0 Å². The molecule has 1 heterocycles. The number of hydrogen-bond donors (Lipinski definition) is 2. The Morgan fingerprint density at radius 1 is 1.37 bits per heavy atom. The fraction of sp³-hybridized carbons (Fsp3) is 0.812. The van der Waals surface area contributed by atoms with E-state index < -0.39 is 0 Å². The minimum Gasteiger partial charge on any atom is -0.349 e. The number of nitrogens with one attached hydrogen (secondary N) is 2. The van der Waals surface area contributed by atoms with E-state index in [4.69, 9.17) is 0 Å². The normalized spacial score (nSPS) is 38.8. The number of carbonyl (C=O) groups excluding carboxylic acids is 1. The first-order valence-corrected chi connectivity index (χ1v) is 7.43. The second kappa shape index (κ2) is 5.66. The molecule has 0 aliphatic carbocycles. The lowest BCUT2D eigenvalue weighted by Crippen LogP contribution is -2.68. The van der Waals surface area contributed by atoms with Crippen LogP contribution in [-0.4, -0.2) is 23.0 Å². The van der Waals surface area contributed by atoms with Gasteiger partial charge in [0.05, 0.1) is 0 Å². The average molecular weight is 266 g/mol. The van der Waals surface area contributed by atoms with E-state index in [-0.39, 0.29) is 23.0 Å². The van der Waals surface area contributed by atoms with Crippen molar-refractivity contribution in [1.82, 2.24) is 10.6 Å². The number of hydrogen-bond acceptors (Lipinski definition) is 2. The lowest BCUT2D eigenvalue weighted by molar-refractivity contribution is -0.119. The standard InChI is InChI=1S/C16H30N2O/c1-8-15(6)10-13(17-14(19)11(3)4)12(5)16(7,9-2)18-15/h12-13,18H,3,8-10H2,1-2,4-7H3,(H,17,19). The van der Waals surface area contributed by atoms with Gasteiger partial charge in [0.25, 0.3) is 0 Å². The molecule has 4 atom stereocenters. The molecule has 1 rings (SSSR count). The first kappa shape index (κ1) is 16.2. The molecule has 3 heteroatoms. The minimum absolute atomic E-state index is 0.0179. The van der Waals surface area contributed by atoms with Gasteiger partial charge in [-0.05, 0) is 46.0 Å². The van der Waals surface area contributed by atoms with Crippen LogP contribution in [0.1, 0.15) is 60.8 Å². The molecule has 1 amide bonds. The molecule has 1 aliphatic heterocycles. The van der Waals surface area contributed by atoms with Crippen LogP contribution in [0.2, 0.25) is 0 Å². The average Bonchev–Trinajstić information content (AvgIpc) is 2.35. The van der Waals surface area contributed by atoms with Crippen molar-refractivity contribution in [3.05, 3.63) is 12.2 Å². The smallest absolute Gasteiger partial charge is 0.246 e. The summed E-state index contributed by atoms with van der Waals surface area (Å²) < 4.78 is 0. The number of amides is 1. The van der Waals surface area contributed by atoms with E-state index in [1.165, 1.54) is 0 Å². The van der Waals surface area contributed by atoms with Crippen LogP contribution in [0.15, 0.2) is 12.2 Å². The highest BCUT2D eigenvalue weighted by Crippen LogP contribution is 2.37. The summed E-state index contributed by atoms with van der Waals surface area (Å²) in [5.41, 5.74) is 0.738. The fourth-order valence-electron chi connectivity index (χ4n) is 3.07. The van der Waals surface area contributed by atoms with Crippen molar-refractivity contribution in [2.24, 2.45) is 5.92 Å².